The molecule has 1 atom stereocenters. The van der Waals surface area contributed by atoms with E-state index in [0.717, 1.165) is 39.8 Å². The molecule has 3 nitrogen and oxygen atoms in total. The lowest BCUT2D eigenvalue weighted by atomic mass is 10.1. The molecule has 0 radical (unpaired) electrons. The van der Waals surface area contributed by atoms with Gasteiger partial charge in [-0.05, 0) is 55.0 Å². The van der Waals surface area contributed by atoms with Crippen molar-refractivity contribution in [2.24, 2.45) is 0 Å². The van der Waals surface area contributed by atoms with Crippen molar-refractivity contribution in [2.75, 3.05) is 6.61 Å². The van der Waals surface area contributed by atoms with E-state index in [-0.39, 0.29) is 0 Å². The van der Waals surface area contributed by atoms with Crippen molar-refractivity contribution < 1.29 is 15.6 Å². The molecule has 0 spiro atoms. The Morgan fingerprint density at radius 1 is 1.21 bits per heavy atom. The molecule has 0 aliphatic carbocycles. The zero-order chi connectivity index (χ0) is 17.7. The summed E-state index contributed by atoms with van der Waals surface area (Å²) in [6.45, 7) is 3.45. The van der Waals surface area contributed by atoms with Crippen LogP contribution in [0.25, 0.3) is 0 Å². The fraction of sp³-hybridized carbons (Fsp3) is 0.400. The van der Waals surface area contributed by atoms with Gasteiger partial charge in [-0.1, -0.05) is 46.3 Å². The van der Waals surface area contributed by atoms with Crippen molar-refractivity contribution >= 4 is 15.9 Å². The zero-order valence-electron chi connectivity index (χ0n) is 14.9. The van der Waals surface area contributed by atoms with Gasteiger partial charge >= 0.3 is 0 Å². The maximum Gasteiger partial charge on any atom is 0.158 e. The number of benzene rings is 2. The van der Waals surface area contributed by atoms with Gasteiger partial charge in [-0.3, -0.25) is 0 Å². The van der Waals surface area contributed by atoms with Gasteiger partial charge in [0.15, 0.2) is 6.27 Å². The average Bonchev–Trinajstić information content (AvgIpc) is 2.63. The lowest BCUT2D eigenvalue weighted by Crippen LogP contribution is -2.22. The van der Waals surface area contributed by atoms with Crippen LogP contribution in [0.5, 0.6) is 5.75 Å². The number of hydrogen-bond acceptors (Lipinski definition) is 3. The Labute approximate surface area is 153 Å². The van der Waals surface area contributed by atoms with Gasteiger partial charge < -0.3 is 14.2 Å². The smallest absolute Gasteiger partial charge is 0.158 e. The van der Waals surface area contributed by atoms with Crippen LogP contribution < -0.4 is 4.74 Å². The van der Waals surface area contributed by atoms with Gasteiger partial charge in [0.2, 0.25) is 0 Å². The van der Waals surface area contributed by atoms with E-state index in [2.05, 4.69) is 15.9 Å². The predicted octanol–water partition coefficient (Wildman–Crippen LogP) is 5.38. The standard InChI is InChI=1S/C20H23BrO3/c1-15-11-18(23-13-16-7-3-2-4-8-16)12-17(20(15)21)14-24-19-9-5-6-10-22-19/h2-4,7-8,11-12,19H,5-6,9-10,13-14H2,1H3/i19D. The summed E-state index contributed by atoms with van der Waals surface area (Å²) in [4.78, 5) is 0. The molecule has 1 aliphatic heterocycles. The van der Waals surface area contributed by atoms with Crippen molar-refractivity contribution in [2.45, 2.75) is 45.7 Å². The highest BCUT2D eigenvalue weighted by molar-refractivity contribution is 9.10. The summed E-state index contributed by atoms with van der Waals surface area (Å²) in [6, 6.07) is 14.0. The maximum absolute atomic E-state index is 8.25. The second-order valence-corrected chi connectivity index (χ2v) is 6.75. The molecule has 2 aromatic rings. The van der Waals surface area contributed by atoms with Gasteiger partial charge in [0.25, 0.3) is 0 Å². The Balaban J connectivity index is 1.67. The summed E-state index contributed by atoms with van der Waals surface area (Å²) >= 11 is 3.62. The van der Waals surface area contributed by atoms with Crippen molar-refractivity contribution in [1.82, 2.24) is 0 Å². The van der Waals surface area contributed by atoms with E-state index in [1.165, 1.54) is 0 Å². The molecule has 1 fully saturated rings. The third-order valence-corrected chi connectivity index (χ3v) is 5.11. The van der Waals surface area contributed by atoms with Gasteiger partial charge in [0.1, 0.15) is 12.4 Å². The van der Waals surface area contributed by atoms with Gasteiger partial charge in [0, 0.05) is 11.1 Å². The van der Waals surface area contributed by atoms with Crippen LogP contribution in [-0.2, 0) is 22.7 Å². The molecule has 1 heterocycles. The SMILES string of the molecule is [2H]C1(OCc2cc(OCc3ccccc3)cc(C)c2Br)CCCCO1. The predicted molar refractivity (Wildman–Crippen MR) is 98.0 cm³/mol. The Morgan fingerprint density at radius 2 is 2.04 bits per heavy atom. The van der Waals surface area contributed by atoms with Crippen LogP contribution in [0.3, 0.4) is 0 Å². The molecule has 0 saturated carbocycles. The number of hydrogen-bond donors (Lipinski definition) is 0. The van der Waals surface area contributed by atoms with Crippen LogP contribution in [-0.4, -0.2) is 12.9 Å². The van der Waals surface area contributed by atoms with Crippen molar-refractivity contribution in [3.05, 3.63) is 63.6 Å². The topological polar surface area (TPSA) is 27.7 Å². The Bertz CT molecular complexity index is 700. The molecule has 24 heavy (non-hydrogen) atoms. The summed E-state index contributed by atoms with van der Waals surface area (Å²) in [5.74, 6) is 0.798. The molecule has 0 N–H and O–H groups in total. The molecule has 3 rings (SSSR count). The first-order chi connectivity index (χ1) is 12.1. The molecule has 1 aliphatic rings. The second kappa shape index (κ2) is 8.65. The van der Waals surface area contributed by atoms with E-state index in [0.29, 0.717) is 26.2 Å². The van der Waals surface area contributed by atoms with E-state index in [1.54, 1.807) is 0 Å². The number of ether oxygens (including phenoxy) is 3. The van der Waals surface area contributed by atoms with Crippen molar-refractivity contribution in [3.8, 4) is 5.75 Å². The van der Waals surface area contributed by atoms with Crippen LogP contribution in [0.2, 0.25) is 0 Å². The quantitative estimate of drug-likeness (QED) is 0.661. The monoisotopic (exact) mass is 391 g/mol. The first-order valence-electron chi connectivity index (χ1n) is 8.79. The molecular weight excluding hydrogens is 368 g/mol. The van der Waals surface area contributed by atoms with Crippen molar-refractivity contribution in [3.63, 3.8) is 0 Å². The average molecular weight is 392 g/mol. The molecule has 0 amide bonds. The van der Waals surface area contributed by atoms with Crippen LogP contribution >= 0.6 is 15.9 Å². The largest absolute Gasteiger partial charge is 0.489 e. The van der Waals surface area contributed by atoms with Gasteiger partial charge in [-0.15, -0.1) is 0 Å². The van der Waals surface area contributed by atoms with Crippen molar-refractivity contribution in [1.29, 1.82) is 0 Å². The minimum Gasteiger partial charge on any atom is -0.489 e. The van der Waals surface area contributed by atoms with Gasteiger partial charge in [-0.2, -0.15) is 0 Å². The number of halogens is 1. The molecule has 1 unspecified atom stereocenters. The first kappa shape index (κ1) is 16.1. The number of rotatable bonds is 6. The summed E-state index contributed by atoms with van der Waals surface area (Å²) < 4.78 is 26.4. The molecule has 128 valence electrons. The number of aryl methyl sites for hydroxylation is 1. The van der Waals surface area contributed by atoms with Crippen LogP contribution in [0.1, 0.15) is 37.3 Å². The Kier molecular flexibility index (Phi) is 5.81. The van der Waals surface area contributed by atoms with Crippen LogP contribution in [0.4, 0.5) is 0 Å². The molecular formula is C20H23BrO3. The Hall–Kier alpha value is -1.36. The molecule has 0 bridgehead atoms. The third kappa shape index (κ3) is 4.82. The summed E-state index contributed by atoms with van der Waals surface area (Å²) in [7, 11) is 0. The van der Waals surface area contributed by atoms with E-state index < -0.39 is 6.27 Å². The van der Waals surface area contributed by atoms with Gasteiger partial charge in [0.05, 0.1) is 7.98 Å². The molecule has 4 heteroatoms. The normalized spacial score (nSPS) is 21.3. The fourth-order valence-corrected chi connectivity index (χ4v) is 2.98. The van der Waals surface area contributed by atoms with E-state index in [9.17, 15) is 0 Å². The highest BCUT2D eigenvalue weighted by Crippen LogP contribution is 2.29. The highest BCUT2D eigenvalue weighted by Gasteiger charge is 2.15. The zero-order valence-corrected chi connectivity index (χ0v) is 15.5. The fourth-order valence-electron chi connectivity index (χ4n) is 2.64. The highest BCUT2D eigenvalue weighted by atomic mass is 79.9. The Morgan fingerprint density at radius 3 is 2.79 bits per heavy atom. The van der Waals surface area contributed by atoms with Gasteiger partial charge in [-0.25, -0.2) is 0 Å². The summed E-state index contributed by atoms with van der Waals surface area (Å²) in [5.41, 5.74) is 3.17. The first-order valence-corrected chi connectivity index (χ1v) is 9.09. The third-order valence-electron chi connectivity index (χ3n) is 3.98. The summed E-state index contributed by atoms with van der Waals surface area (Å²) in [6.07, 6.45) is 1.33. The maximum atomic E-state index is 8.25. The summed E-state index contributed by atoms with van der Waals surface area (Å²) in [5, 5.41) is 0. The minimum atomic E-state index is -1.23. The lowest BCUT2D eigenvalue weighted by molar-refractivity contribution is -0.169. The van der Waals surface area contributed by atoms with Crippen LogP contribution in [0.15, 0.2) is 46.9 Å². The van der Waals surface area contributed by atoms with Crippen LogP contribution in [0, 0.1) is 6.92 Å². The van der Waals surface area contributed by atoms with E-state index >= 15 is 0 Å². The molecule has 1 saturated heterocycles. The second-order valence-electron chi connectivity index (χ2n) is 5.95. The van der Waals surface area contributed by atoms with E-state index in [4.69, 9.17) is 15.6 Å². The molecule has 2 aromatic carbocycles. The van der Waals surface area contributed by atoms with E-state index in [1.807, 2.05) is 49.4 Å². The molecule has 0 aromatic heterocycles. The minimum absolute atomic E-state index is 0.313. The lowest BCUT2D eigenvalue weighted by Gasteiger charge is -2.23.